The van der Waals surface area contributed by atoms with Crippen molar-refractivity contribution in [1.82, 2.24) is 5.43 Å². The summed E-state index contributed by atoms with van der Waals surface area (Å²) in [6.07, 6.45) is -3.47. The van der Waals surface area contributed by atoms with Gasteiger partial charge in [-0.1, -0.05) is 0 Å². The summed E-state index contributed by atoms with van der Waals surface area (Å²) in [7, 11) is 0. The second kappa shape index (κ2) is 8.70. The largest absolute Gasteiger partial charge is 0.573 e. The van der Waals surface area contributed by atoms with E-state index in [-0.39, 0.29) is 5.56 Å². The van der Waals surface area contributed by atoms with Gasteiger partial charge >= 0.3 is 12.3 Å². The van der Waals surface area contributed by atoms with Gasteiger partial charge in [-0.25, -0.2) is 10.2 Å². The first-order chi connectivity index (χ1) is 12.7. The molecule has 0 bridgehead atoms. The Kier molecular flexibility index (Phi) is 6.36. The summed E-state index contributed by atoms with van der Waals surface area (Å²) in [5, 5.41) is 12.2. The zero-order valence-electron chi connectivity index (χ0n) is 13.6. The van der Waals surface area contributed by atoms with Crippen molar-refractivity contribution in [3.63, 3.8) is 0 Å². The highest BCUT2D eigenvalue weighted by Crippen LogP contribution is 2.22. The molecule has 2 N–H and O–H groups in total. The molecule has 7 nitrogen and oxygen atoms in total. The number of nitrogens with zero attached hydrogens (tertiary/aromatic N) is 1. The number of benzene rings is 2. The van der Waals surface area contributed by atoms with Gasteiger partial charge in [-0.15, -0.1) is 13.2 Å². The second-order valence-corrected chi connectivity index (χ2v) is 5.02. The molecule has 27 heavy (non-hydrogen) atoms. The van der Waals surface area contributed by atoms with Crippen molar-refractivity contribution in [2.45, 2.75) is 6.36 Å². The van der Waals surface area contributed by atoms with E-state index in [1.165, 1.54) is 30.5 Å². The predicted octanol–water partition coefficient (Wildman–Crippen LogP) is 2.81. The monoisotopic (exact) mass is 382 g/mol. The summed E-state index contributed by atoms with van der Waals surface area (Å²) >= 11 is 0. The number of halogens is 3. The number of carboxylic acid groups (broad SMARTS) is 1. The molecule has 0 spiro atoms. The van der Waals surface area contributed by atoms with Crippen LogP contribution in [0.5, 0.6) is 11.5 Å². The highest BCUT2D eigenvalue weighted by atomic mass is 19.4. The fourth-order valence-electron chi connectivity index (χ4n) is 1.83. The molecule has 2 rings (SSSR count). The Bertz CT molecular complexity index is 818. The molecule has 0 aliphatic rings. The lowest BCUT2D eigenvalue weighted by Gasteiger charge is -2.08. The molecule has 0 heterocycles. The molecule has 0 aliphatic carbocycles. The summed E-state index contributed by atoms with van der Waals surface area (Å²) in [4.78, 5) is 22.3. The van der Waals surface area contributed by atoms with Crippen molar-refractivity contribution in [1.29, 1.82) is 0 Å². The summed E-state index contributed by atoms with van der Waals surface area (Å²) in [5.74, 6) is -1.79. The standard InChI is InChI=1S/C17H13F3N2O5/c18-17(19,20)27-14-7-3-12(4-8-14)16(25)22-21-9-11-1-5-13(6-2-11)26-10-15(23)24/h1-9H,10H2,(H,22,25)(H,23,24)/b21-9+. The number of hydrogen-bond acceptors (Lipinski definition) is 5. The van der Waals surface area contributed by atoms with Crippen LogP contribution in [0.3, 0.4) is 0 Å². The Morgan fingerprint density at radius 2 is 1.63 bits per heavy atom. The molecule has 0 saturated heterocycles. The molecule has 0 fully saturated rings. The number of hydrogen-bond donors (Lipinski definition) is 2. The van der Waals surface area contributed by atoms with E-state index in [1.807, 2.05) is 0 Å². The van der Waals surface area contributed by atoms with Crippen LogP contribution in [0.4, 0.5) is 13.2 Å². The lowest BCUT2D eigenvalue weighted by molar-refractivity contribution is -0.274. The van der Waals surface area contributed by atoms with Crippen LogP contribution in [-0.2, 0) is 4.79 Å². The third-order valence-corrected chi connectivity index (χ3v) is 2.97. The molecule has 142 valence electrons. The van der Waals surface area contributed by atoms with Gasteiger partial charge in [0.15, 0.2) is 6.61 Å². The Labute approximate surface area is 151 Å². The lowest BCUT2D eigenvalue weighted by Crippen LogP contribution is -2.19. The van der Waals surface area contributed by atoms with Gasteiger partial charge in [0.2, 0.25) is 0 Å². The SMILES string of the molecule is O=C(O)COc1ccc(/C=N/NC(=O)c2ccc(OC(F)(F)F)cc2)cc1. The van der Waals surface area contributed by atoms with Crippen LogP contribution in [0.2, 0.25) is 0 Å². The van der Waals surface area contributed by atoms with Crippen LogP contribution < -0.4 is 14.9 Å². The Hall–Kier alpha value is -3.56. The number of carbonyl (C=O) groups is 2. The maximum atomic E-state index is 12.1. The molecular weight excluding hydrogens is 369 g/mol. The van der Waals surface area contributed by atoms with E-state index in [2.05, 4.69) is 15.3 Å². The maximum absolute atomic E-state index is 12.1. The average Bonchev–Trinajstić information content (AvgIpc) is 2.60. The Morgan fingerprint density at radius 1 is 1.04 bits per heavy atom. The molecule has 0 unspecified atom stereocenters. The predicted molar refractivity (Wildman–Crippen MR) is 87.8 cm³/mol. The van der Waals surface area contributed by atoms with E-state index in [0.717, 1.165) is 12.1 Å². The number of nitrogens with one attached hydrogen (secondary N) is 1. The van der Waals surface area contributed by atoms with E-state index < -0.39 is 30.6 Å². The minimum Gasteiger partial charge on any atom is -0.482 e. The molecule has 0 saturated carbocycles. The highest BCUT2D eigenvalue weighted by Gasteiger charge is 2.31. The number of amides is 1. The van der Waals surface area contributed by atoms with Crippen LogP contribution >= 0.6 is 0 Å². The first kappa shape index (κ1) is 19.8. The van der Waals surface area contributed by atoms with Gasteiger partial charge in [0.05, 0.1) is 6.21 Å². The van der Waals surface area contributed by atoms with Gasteiger partial charge < -0.3 is 14.6 Å². The number of ether oxygens (including phenoxy) is 2. The van der Waals surface area contributed by atoms with E-state index in [1.54, 1.807) is 12.1 Å². The first-order valence-electron chi connectivity index (χ1n) is 7.37. The van der Waals surface area contributed by atoms with Crippen LogP contribution in [0.1, 0.15) is 15.9 Å². The van der Waals surface area contributed by atoms with Crippen LogP contribution in [-0.4, -0.2) is 36.2 Å². The normalized spacial score (nSPS) is 11.2. The van der Waals surface area contributed by atoms with Crippen molar-refractivity contribution >= 4 is 18.1 Å². The molecule has 10 heteroatoms. The van der Waals surface area contributed by atoms with Crippen LogP contribution in [0, 0.1) is 0 Å². The first-order valence-corrected chi connectivity index (χ1v) is 7.37. The van der Waals surface area contributed by atoms with Gasteiger partial charge in [-0.05, 0) is 54.1 Å². The van der Waals surface area contributed by atoms with E-state index in [9.17, 15) is 22.8 Å². The minimum atomic E-state index is -4.80. The fraction of sp³-hybridized carbons (Fsp3) is 0.118. The van der Waals surface area contributed by atoms with Crippen molar-refractivity contribution in [3.05, 3.63) is 59.7 Å². The number of rotatable bonds is 7. The van der Waals surface area contributed by atoms with E-state index >= 15 is 0 Å². The van der Waals surface area contributed by atoms with Gasteiger partial charge in [-0.3, -0.25) is 4.79 Å². The number of carboxylic acids is 1. The zero-order valence-corrected chi connectivity index (χ0v) is 13.6. The molecule has 0 radical (unpaired) electrons. The van der Waals surface area contributed by atoms with Gasteiger partial charge in [0.1, 0.15) is 11.5 Å². The van der Waals surface area contributed by atoms with Gasteiger partial charge in [0.25, 0.3) is 5.91 Å². The van der Waals surface area contributed by atoms with Crippen molar-refractivity contribution in [3.8, 4) is 11.5 Å². The van der Waals surface area contributed by atoms with Crippen molar-refractivity contribution < 1.29 is 37.3 Å². The molecule has 1 amide bonds. The number of alkyl halides is 3. The fourth-order valence-corrected chi connectivity index (χ4v) is 1.83. The second-order valence-electron chi connectivity index (χ2n) is 5.02. The van der Waals surface area contributed by atoms with Crippen LogP contribution in [0.25, 0.3) is 0 Å². The smallest absolute Gasteiger partial charge is 0.482 e. The van der Waals surface area contributed by atoms with Gasteiger partial charge in [0, 0.05) is 5.56 Å². The van der Waals surface area contributed by atoms with Gasteiger partial charge in [-0.2, -0.15) is 5.10 Å². The molecule has 0 aromatic heterocycles. The number of hydrazone groups is 1. The topological polar surface area (TPSA) is 97.2 Å². The summed E-state index contributed by atoms with van der Waals surface area (Å²) < 4.78 is 44.9. The quantitative estimate of drug-likeness (QED) is 0.567. The minimum absolute atomic E-state index is 0.0964. The maximum Gasteiger partial charge on any atom is 0.573 e. The third-order valence-electron chi connectivity index (χ3n) is 2.97. The lowest BCUT2D eigenvalue weighted by atomic mass is 10.2. The Balaban J connectivity index is 1.88. The van der Waals surface area contributed by atoms with Crippen molar-refractivity contribution in [2.24, 2.45) is 5.10 Å². The molecule has 2 aromatic carbocycles. The molecular formula is C17H13F3N2O5. The van der Waals surface area contributed by atoms with E-state index in [0.29, 0.717) is 11.3 Å². The number of aliphatic carboxylic acids is 1. The Morgan fingerprint density at radius 3 is 2.19 bits per heavy atom. The zero-order chi connectivity index (χ0) is 19.9. The summed E-state index contributed by atoms with van der Waals surface area (Å²) in [5.41, 5.74) is 2.93. The van der Waals surface area contributed by atoms with E-state index in [4.69, 9.17) is 9.84 Å². The number of carbonyl (C=O) groups excluding carboxylic acids is 1. The summed E-state index contributed by atoms with van der Waals surface area (Å²) in [6.45, 7) is -0.462. The van der Waals surface area contributed by atoms with Crippen LogP contribution in [0.15, 0.2) is 53.6 Å². The molecule has 2 aromatic rings. The third kappa shape index (κ3) is 7.06. The summed E-state index contributed by atoms with van der Waals surface area (Å²) in [6, 6.07) is 10.6. The van der Waals surface area contributed by atoms with Crippen molar-refractivity contribution in [2.75, 3.05) is 6.61 Å². The average molecular weight is 382 g/mol. The molecule has 0 aliphatic heterocycles. The molecule has 0 atom stereocenters. The highest BCUT2D eigenvalue weighted by molar-refractivity contribution is 5.95.